The highest BCUT2D eigenvalue weighted by Crippen LogP contribution is 2.38. The fourth-order valence-corrected chi connectivity index (χ4v) is 2.46. The predicted molar refractivity (Wildman–Crippen MR) is 91.5 cm³/mol. The highest BCUT2D eigenvalue weighted by Gasteiger charge is 2.37. The first kappa shape index (κ1) is 21.0. The molecule has 1 aromatic carbocycles. The zero-order valence-corrected chi connectivity index (χ0v) is 14.6. The molecule has 0 amide bonds. The highest BCUT2D eigenvalue weighted by molar-refractivity contribution is 6.19. The number of hydrogen-bond acceptors (Lipinski definition) is 4. The van der Waals surface area contributed by atoms with Crippen molar-refractivity contribution in [3.63, 3.8) is 0 Å². The molecule has 0 saturated carbocycles. The van der Waals surface area contributed by atoms with Crippen LogP contribution in [0.15, 0.2) is 49.1 Å². The van der Waals surface area contributed by atoms with E-state index in [0.29, 0.717) is 12.1 Å². The molecule has 0 aliphatic rings. The number of aliphatic carboxylic acids is 1. The second-order valence-corrected chi connectivity index (χ2v) is 5.93. The average molecular weight is 428 g/mol. The number of pyridine rings is 1. The Hall–Kier alpha value is -3.70. The molecule has 6 nitrogen and oxygen atoms in total. The van der Waals surface area contributed by atoms with E-state index in [2.05, 4.69) is 15.1 Å². The second kappa shape index (κ2) is 7.61. The van der Waals surface area contributed by atoms with E-state index in [4.69, 9.17) is 0 Å². The molecule has 0 saturated heterocycles. The van der Waals surface area contributed by atoms with Gasteiger partial charge in [-0.05, 0) is 24.3 Å². The van der Waals surface area contributed by atoms with Crippen LogP contribution in [0.2, 0.25) is 0 Å². The van der Waals surface area contributed by atoms with E-state index in [9.17, 15) is 36.2 Å². The highest BCUT2D eigenvalue weighted by atomic mass is 19.4. The molecule has 2 aromatic heterocycles. The van der Waals surface area contributed by atoms with Gasteiger partial charge in [0, 0.05) is 29.7 Å². The molecule has 1 N–H and O–H groups in total. The Morgan fingerprint density at radius 1 is 1.03 bits per heavy atom. The van der Waals surface area contributed by atoms with E-state index in [1.54, 1.807) is 0 Å². The van der Waals surface area contributed by atoms with Crippen LogP contribution in [-0.4, -0.2) is 30.8 Å². The van der Waals surface area contributed by atoms with Crippen LogP contribution in [0.4, 0.5) is 26.3 Å². The maximum Gasteiger partial charge on any atom is 0.416 e. The Morgan fingerprint density at radius 2 is 1.67 bits per heavy atom. The molecule has 0 atom stereocenters. The zero-order chi connectivity index (χ0) is 22.1. The monoisotopic (exact) mass is 428 g/mol. The topological polar surface area (TPSA) is 80.9 Å². The lowest BCUT2D eigenvalue weighted by Crippen LogP contribution is -2.11. The van der Waals surface area contributed by atoms with Gasteiger partial charge in [0.05, 0.1) is 16.7 Å². The van der Waals surface area contributed by atoms with Gasteiger partial charge in [0.25, 0.3) is 0 Å². The lowest BCUT2D eigenvalue weighted by atomic mass is 10.0. The van der Waals surface area contributed by atoms with Crippen molar-refractivity contribution in [2.45, 2.75) is 12.4 Å². The Kier molecular flexibility index (Phi) is 5.33. The van der Waals surface area contributed by atoms with Crippen molar-refractivity contribution in [2.24, 2.45) is 0 Å². The Bertz CT molecular complexity index is 1070. The quantitative estimate of drug-likeness (QED) is 0.490. The number of aromatic nitrogens is 4. The summed E-state index contributed by atoms with van der Waals surface area (Å²) in [4.78, 5) is 19.0. The summed E-state index contributed by atoms with van der Waals surface area (Å²) in [6.07, 6.45) is -5.39. The summed E-state index contributed by atoms with van der Waals surface area (Å²) in [7, 11) is 0. The molecule has 0 bridgehead atoms. The summed E-state index contributed by atoms with van der Waals surface area (Å²) in [5.41, 5.74) is -3.61. The van der Waals surface area contributed by atoms with Crippen LogP contribution < -0.4 is 0 Å². The van der Waals surface area contributed by atoms with Gasteiger partial charge in [-0.15, -0.1) is 5.10 Å². The van der Waals surface area contributed by atoms with Crippen LogP contribution in [0.1, 0.15) is 16.7 Å². The smallest absolute Gasteiger partial charge is 0.416 e. The average Bonchev–Trinajstić information content (AvgIpc) is 3.13. The molecule has 12 heteroatoms. The van der Waals surface area contributed by atoms with Crippen LogP contribution in [0.3, 0.4) is 0 Å². The van der Waals surface area contributed by atoms with Crippen molar-refractivity contribution in [1.82, 2.24) is 19.7 Å². The van der Waals surface area contributed by atoms with E-state index >= 15 is 0 Å². The van der Waals surface area contributed by atoms with Gasteiger partial charge in [0.1, 0.15) is 6.33 Å². The molecular weight excluding hydrogens is 418 g/mol. The first-order valence-electron chi connectivity index (χ1n) is 8.01. The van der Waals surface area contributed by atoms with Gasteiger partial charge in [-0.2, -0.15) is 26.3 Å². The molecule has 0 aliphatic heterocycles. The predicted octanol–water partition coefficient (Wildman–Crippen LogP) is 4.46. The largest absolute Gasteiger partial charge is 0.478 e. The fraction of sp³-hybridized carbons (Fsp3) is 0.111. The van der Waals surface area contributed by atoms with Crippen molar-refractivity contribution < 1.29 is 36.2 Å². The minimum Gasteiger partial charge on any atom is -0.478 e. The molecule has 0 aliphatic carbocycles. The summed E-state index contributed by atoms with van der Waals surface area (Å²) in [6, 6.07) is 3.90. The van der Waals surface area contributed by atoms with Crippen LogP contribution in [0.5, 0.6) is 0 Å². The number of rotatable bonds is 4. The van der Waals surface area contributed by atoms with Gasteiger partial charge < -0.3 is 5.11 Å². The van der Waals surface area contributed by atoms with E-state index in [-0.39, 0.29) is 17.2 Å². The van der Waals surface area contributed by atoms with Crippen molar-refractivity contribution in [3.8, 4) is 11.4 Å². The van der Waals surface area contributed by atoms with Crippen LogP contribution in [0.25, 0.3) is 23.2 Å². The Labute approximate surface area is 164 Å². The lowest BCUT2D eigenvalue weighted by molar-refractivity contribution is -0.143. The van der Waals surface area contributed by atoms with Crippen molar-refractivity contribution in [1.29, 1.82) is 0 Å². The summed E-state index contributed by atoms with van der Waals surface area (Å²) in [6.45, 7) is 0. The third-order valence-corrected chi connectivity index (χ3v) is 3.82. The number of nitrogens with zero attached hydrogens (tertiary/aromatic N) is 4. The number of benzene rings is 1. The third kappa shape index (κ3) is 4.64. The van der Waals surface area contributed by atoms with Crippen molar-refractivity contribution in [2.75, 3.05) is 0 Å². The van der Waals surface area contributed by atoms with E-state index in [1.807, 2.05) is 0 Å². The molecule has 0 radical (unpaired) electrons. The maximum absolute atomic E-state index is 13.0. The molecule has 0 unspecified atom stereocenters. The minimum absolute atomic E-state index is 0.00860. The third-order valence-electron chi connectivity index (χ3n) is 3.82. The van der Waals surface area contributed by atoms with Gasteiger partial charge in [-0.3, -0.25) is 4.98 Å². The molecule has 30 heavy (non-hydrogen) atoms. The molecule has 3 rings (SSSR count). The Balaban J connectivity index is 2.06. The molecule has 156 valence electrons. The first-order valence-corrected chi connectivity index (χ1v) is 8.01. The fourth-order valence-electron chi connectivity index (χ4n) is 2.46. The number of carbonyl (C=O) groups is 1. The Morgan fingerprint density at radius 3 is 2.17 bits per heavy atom. The number of carboxylic acids is 1. The molecular formula is C18H10F6N4O2. The van der Waals surface area contributed by atoms with Gasteiger partial charge >= 0.3 is 18.3 Å². The normalized spacial score (nSPS) is 12.8. The first-order chi connectivity index (χ1) is 13.9. The summed E-state index contributed by atoms with van der Waals surface area (Å²) < 4.78 is 78.9. The van der Waals surface area contributed by atoms with Gasteiger partial charge in [-0.25, -0.2) is 14.5 Å². The van der Waals surface area contributed by atoms with E-state index in [1.165, 1.54) is 24.5 Å². The van der Waals surface area contributed by atoms with Crippen LogP contribution >= 0.6 is 0 Å². The van der Waals surface area contributed by atoms with Gasteiger partial charge in [0.15, 0.2) is 5.82 Å². The minimum atomic E-state index is -5.02. The maximum atomic E-state index is 13.0. The number of carboxylic acid groups (broad SMARTS) is 1. The van der Waals surface area contributed by atoms with Gasteiger partial charge in [0.2, 0.25) is 0 Å². The second-order valence-electron chi connectivity index (χ2n) is 5.93. The van der Waals surface area contributed by atoms with E-state index < -0.39 is 40.8 Å². The SMILES string of the molecule is O=C(O)/C(=C/n1cnc(-c2cc(C(F)(F)F)cc(C(F)(F)F)c2)n1)c1cccnc1. The van der Waals surface area contributed by atoms with Crippen LogP contribution in [0, 0.1) is 0 Å². The summed E-state index contributed by atoms with van der Waals surface area (Å²) >= 11 is 0. The van der Waals surface area contributed by atoms with E-state index in [0.717, 1.165) is 17.2 Å². The molecule has 3 aromatic rings. The van der Waals surface area contributed by atoms with Crippen molar-refractivity contribution >= 4 is 17.7 Å². The summed E-state index contributed by atoms with van der Waals surface area (Å²) in [5.74, 6) is -1.79. The van der Waals surface area contributed by atoms with Gasteiger partial charge in [-0.1, -0.05) is 6.07 Å². The van der Waals surface area contributed by atoms with Crippen molar-refractivity contribution in [3.05, 3.63) is 65.7 Å². The lowest BCUT2D eigenvalue weighted by Gasteiger charge is -2.13. The molecule has 0 fully saturated rings. The summed E-state index contributed by atoms with van der Waals surface area (Å²) in [5, 5.41) is 13.1. The standard InChI is InChI=1S/C18H10F6N4O2/c19-17(20,21)12-4-11(5-13(6-12)18(22,23)24)15-26-9-28(27-15)8-14(16(29)30)10-2-1-3-25-7-10/h1-9H,(H,29,30)/b14-8+. The zero-order valence-electron chi connectivity index (χ0n) is 14.6. The number of alkyl halides is 6. The van der Waals surface area contributed by atoms with Crippen LogP contribution in [-0.2, 0) is 17.1 Å². The molecule has 0 spiro atoms. The molecule has 2 heterocycles. The number of halogens is 6. The number of hydrogen-bond donors (Lipinski definition) is 1.